The van der Waals surface area contributed by atoms with Gasteiger partial charge in [0, 0.05) is 12.0 Å². The van der Waals surface area contributed by atoms with Crippen molar-refractivity contribution in [3.8, 4) is 5.75 Å². The highest BCUT2D eigenvalue weighted by atomic mass is 19.1. The van der Waals surface area contributed by atoms with Crippen molar-refractivity contribution in [2.45, 2.75) is 25.2 Å². The van der Waals surface area contributed by atoms with Gasteiger partial charge < -0.3 is 9.84 Å². The molecule has 4 heteroatoms. The Morgan fingerprint density at radius 2 is 2.24 bits per heavy atom. The van der Waals surface area contributed by atoms with Crippen LogP contribution in [0.1, 0.15) is 30.7 Å². The van der Waals surface area contributed by atoms with Crippen LogP contribution in [0.3, 0.4) is 0 Å². The van der Waals surface area contributed by atoms with E-state index in [-0.39, 0.29) is 24.1 Å². The molecule has 1 fully saturated rings. The molecule has 1 aliphatic rings. The lowest BCUT2D eigenvalue weighted by Crippen LogP contribution is -2.24. The summed E-state index contributed by atoms with van der Waals surface area (Å²) < 4.78 is 18.4. The van der Waals surface area contributed by atoms with Gasteiger partial charge in [-0.3, -0.25) is 4.79 Å². The highest BCUT2D eigenvalue weighted by Gasteiger charge is 2.33. The molecule has 0 spiro atoms. The van der Waals surface area contributed by atoms with Gasteiger partial charge in [-0.2, -0.15) is 0 Å². The van der Waals surface area contributed by atoms with Crippen molar-refractivity contribution in [3.63, 3.8) is 0 Å². The number of carboxylic acid groups (broad SMARTS) is 1. The van der Waals surface area contributed by atoms with Crippen LogP contribution in [0.2, 0.25) is 0 Å². The van der Waals surface area contributed by atoms with Crippen molar-refractivity contribution in [1.29, 1.82) is 0 Å². The van der Waals surface area contributed by atoms with Crippen LogP contribution in [0, 0.1) is 11.7 Å². The van der Waals surface area contributed by atoms with Crippen molar-refractivity contribution in [2.24, 2.45) is 5.92 Å². The predicted molar refractivity (Wildman–Crippen MR) is 60.7 cm³/mol. The number of ether oxygens (including phenoxy) is 1. The molecule has 0 aromatic heterocycles. The molecule has 0 bridgehead atoms. The Hall–Kier alpha value is -1.58. The van der Waals surface area contributed by atoms with Crippen LogP contribution in [-0.4, -0.2) is 18.2 Å². The number of halogens is 1. The summed E-state index contributed by atoms with van der Waals surface area (Å²) in [5, 5.41) is 8.67. The van der Waals surface area contributed by atoms with Crippen LogP contribution < -0.4 is 4.74 Å². The molecule has 1 saturated carbocycles. The Balaban J connectivity index is 2.05. The van der Waals surface area contributed by atoms with E-state index in [1.54, 1.807) is 13.2 Å². The van der Waals surface area contributed by atoms with E-state index in [9.17, 15) is 9.18 Å². The van der Waals surface area contributed by atoms with Gasteiger partial charge in [-0.25, -0.2) is 4.39 Å². The summed E-state index contributed by atoms with van der Waals surface area (Å²) in [6.07, 6.45) is 1.80. The number of hydrogen-bond acceptors (Lipinski definition) is 2. The zero-order chi connectivity index (χ0) is 12.4. The Bertz CT molecular complexity index is 425. The molecular formula is C13H15FO3. The molecule has 0 radical (unpaired) electrons. The molecule has 0 atom stereocenters. The summed E-state index contributed by atoms with van der Waals surface area (Å²) in [6.45, 7) is 0. The summed E-state index contributed by atoms with van der Waals surface area (Å²) in [7, 11) is 1.56. The van der Waals surface area contributed by atoms with E-state index < -0.39 is 5.97 Å². The minimum atomic E-state index is -0.764. The fraction of sp³-hybridized carbons (Fsp3) is 0.462. The van der Waals surface area contributed by atoms with Crippen LogP contribution in [0.25, 0.3) is 0 Å². The maximum absolute atomic E-state index is 13.2. The first-order valence-electron chi connectivity index (χ1n) is 5.65. The van der Waals surface area contributed by atoms with Gasteiger partial charge in [0.05, 0.1) is 7.11 Å². The van der Waals surface area contributed by atoms with E-state index in [1.165, 1.54) is 12.1 Å². The molecule has 1 aromatic carbocycles. The molecule has 0 unspecified atom stereocenters. The topological polar surface area (TPSA) is 46.5 Å². The monoisotopic (exact) mass is 238 g/mol. The first-order chi connectivity index (χ1) is 8.10. The third kappa shape index (κ3) is 2.57. The molecular weight excluding hydrogens is 223 g/mol. The molecule has 0 amide bonds. The van der Waals surface area contributed by atoms with Gasteiger partial charge in [0.15, 0.2) is 0 Å². The van der Waals surface area contributed by atoms with E-state index in [4.69, 9.17) is 9.84 Å². The van der Waals surface area contributed by atoms with E-state index in [0.29, 0.717) is 5.75 Å². The van der Waals surface area contributed by atoms with Crippen molar-refractivity contribution < 1.29 is 19.0 Å². The van der Waals surface area contributed by atoms with E-state index in [0.717, 1.165) is 18.4 Å². The molecule has 1 aliphatic carbocycles. The maximum Gasteiger partial charge on any atom is 0.303 e. The number of benzene rings is 1. The van der Waals surface area contributed by atoms with Gasteiger partial charge in [-0.1, -0.05) is 0 Å². The Kier molecular flexibility index (Phi) is 3.31. The predicted octanol–water partition coefficient (Wildman–Crippen LogP) is 2.80. The van der Waals surface area contributed by atoms with Crippen molar-refractivity contribution in [1.82, 2.24) is 0 Å². The molecule has 0 heterocycles. The van der Waals surface area contributed by atoms with Gasteiger partial charge in [0.25, 0.3) is 0 Å². The zero-order valence-corrected chi connectivity index (χ0v) is 9.65. The number of carboxylic acids is 1. The number of hydrogen-bond donors (Lipinski definition) is 1. The van der Waals surface area contributed by atoms with Crippen LogP contribution >= 0.6 is 0 Å². The maximum atomic E-state index is 13.2. The second-order valence-corrected chi connectivity index (χ2v) is 4.52. The number of carbonyl (C=O) groups is 1. The largest absolute Gasteiger partial charge is 0.496 e. The van der Waals surface area contributed by atoms with Gasteiger partial charge in [0.1, 0.15) is 11.6 Å². The average molecular weight is 238 g/mol. The normalized spacial score (nSPS) is 22.9. The van der Waals surface area contributed by atoms with Crippen LogP contribution in [0.15, 0.2) is 18.2 Å². The van der Waals surface area contributed by atoms with Gasteiger partial charge in [0.2, 0.25) is 0 Å². The molecule has 92 valence electrons. The third-order valence-electron chi connectivity index (χ3n) is 3.33. The first kappa shape index (κ1) is 11.9. The quantitative estimate of drug-likeness (QED) is 0.877. The van der Waals surface area contributed by atoms with Gasteiger partial charge in [-0.15, -0.1) is 0 Å². The number of rotatable bonds is 4. The smallest absolute Gasteiger partial charge is 0.303 e. The highest BCUT2D eigenvalue weighted by molar-refractivity contribution is 5.67. The Labute approximate surface area is 99.2 Å². The zero-order valence-electron chi connectivity index (χ0n) is 9.65. The summed E-state index contributed by atoms with van der Waals surface area (Å²) in [5.74, 6) is 0.0859. The van der Waals surface area contributed by atoms with Gasteiger partial charge in [-0.05, 0) is 42.9 Å². The molecule has 17 heavy (non-hydrogen) atoms. The Morgan fingerprint density at radius 3 is 2.82 bits per heavy atom. The van der Waals surface area contributed by atoms with Crippen LogP contribution in [0.4, 0.5) is 4.39 Å². The highest BCUT2D eigenvalue weighted by Crippen LogP contribution is 2.46. The first-order valence-corrected chi connectivity index (χ1v) is 5.65. The standard InChI is InChI=1S/C13H15FO3/c1-17-12-3-2-10(14)7-11(12)9-4-8(5-9)6-13(15)16/h2-3,7-9H,4-6H2,1H3,(H,15,16). The minimum Gasteiger partial charge on any atom is -0.496 e. The average Bonchev–Trinajstić information content (AvgIpc) is 2.22. The molecule has 1 aromatic rings. The molecule has 0 aliphatic heterocycles. The lowest BCUT2D eigenvalue weighted by atomic mass is 9.70. The molecule has 1 N–H and O–H groups in total. The number of methoxy groups -OCH3 is 1. The van der Waals surface area contributed by atoms with Gasteiger partial charge >= 0.3 is 5.97 Å². The lowest BCUT2D eigenvalue weighted by Gasteiger charge is -2.35. The minimum absolute atomic E-state index is 0.203. The fourth-order valence-electron chi connectivity index (χ4n) is 2.43. The summed E-state index contributed by atoms with van der Waals surface area (Å²) in [5.41, 5.74) is 0.856. The molecule has 0 saturated heterocycles. The number of aliphatic carboxylic acids is 1. The third-order valence-corrected chi connectivity index (χ3v) is 3.33. The van der Waals surface area contributed by atoms with Crippen molar-refractivity contribution >= 4 is 5.97 Å². The van der Waals surface area contributed by atoms with Crippen molar-refractivity contribution in [3.05, 3.63) is 29.6 Å². The summed E-state index contributed by atoms with van der Waals surface area (Å²) >= 11 is 0. The van der Waals surface area contributed by atoms with Crippen LogP contribution in [-0.2, 0) is 4.79 Å². The summed E-state index contributed by atoms with van der Waals surface area (Å²) in [6, 6.07) is 4.48. The summed E-state index contributed by atoms with van der Waals surface area (Å²) in [4.78, 5) is 10.5. The Morgan fingerprint density at radius 1 is 1.53 bits per heavy atom. The van der Waals surface area contributed by atoms with Crippen LogP contribution in [0.5, 0.6) is 5.75 Å². The SMILES string of the molecule is COc1ccc(F)cc1C1CC(CC(=O)O)C1. The lowest BCUT2D eigenvalue weighted by molar-refractivity contribution is -0.138. The van der Waals surface area contributed by atoms with Crippen molar-refractivity contribution in [2.75, 3.05) is 7.11 Å². The van der Waals surface area contributed by atoms with E-state index >= 15 is 0 Å². The second-order valence-electron chi connectivity index (χ2n) is 4.52. The van der Waals surface area contributed by atoms with E-state index in [1.807, 2.05) is 0 Å². The molecule has 3 nitrogen and oxygen atoms in total. The van der Waals surface area contributed by atoms with E-state index in [2.05, 4.69) is 0 Å². The molecule has 2 rings (SSSR count). The second kappa shape index (κ2) is 4.73. The fourth-order valence-corrected chi connectivity index (χ4v) is 2.43.